The van der Waals surface area contributed by atoms with Crippen LogP contribution in [0.15, 0.2) is 42.5 Å². The van der Waals surface area contributed by atoms with Crippen molar-refractivity contribution in [3.8, 4) is 0 Å². The molecule has 0 bridgehead atoms. The molecule has 1 fully saturated rings. The van der Waals surface area contributed by atoms with Crippen molar-refractivity contribution < 1.29 is 14.4 Å². The summed E-state index contributed by atoms with van der Waals surface area (Å²) >= 11 is 12.2. The molecule has 0 saturated carbocycles. The van der Waals surface area contributed by atoms with Crippen LogP contribution in [0.1, 0.15) is 22.8 Å². The molecule has 1 aliphatic rings. The molecule has 3 rings (SSSR count). The van der Waals surface area contributed by atoms with Crippen LogP contribution in [0, 0.1) is 6.92 Å². The molecular weight excluding hydrogens is 451 g/mol. The lowest BCUT2D eigenvalue weighted by Crippen LogP contribution is -2.47. The van der Waals surface area contributed by atoms with Crippen LogP contribution in [0.25, 0.3) is 0 Å². The Balaban J connectivity index is 0.000000229. The number of nitrogens with zero attached hydrogens (tertiary/aromatic N) is 3. The van der Waals surface area contributed by atoms with Gasteiger partial charge in [-0.15, -0.1) is 0 Å². The molecular formula is C23H28Cl2N4O3. The highest BCUT2D eigenvalue weighted by atomic mass is 35.5. The quantitative estimate of drug-likeness (QED) is 0.524. The maximum Gasteiger partial charge on any atom is 0.261 e. The Morgan fingerprint density at radius 1 is 1.06 bits per heavy atom. The van der Waals surface area contributed by atoms with Gasteiger partial charge in [-0.05, 0) is 30.7 Å². The van der Waals surface area contributed by atoms with E-state index in [-0.39, 0.29) is 18.5 Å². The minimum absolute atomic E-state index is 0.0947. The third kappa shape index (κ3) is 6.77. The minimum atomic E-state index is -0.344. The van der Waals surface area contributed by atoms with E-state index in [0.29, 0.717) is 22.2 Å². The van der Waals surface area contributed by atoms with E-state index in [9.17, 15) is 14.4 Å². The van der Waals surface area contributed by atoms with Crippen molar-refractivity contribution in [2.24, 2.45) is 5.73 Å². The van der Waals surface area contributed by atoms with Crippen LogP contribution in [0.3, 0.4) is 0 Å². The Kier molecular flexibility index (Phi) is 10.1. The second-order valence-electron chi connectivity index (χ2n) is 7.28. The van der Waals surface area contributed by atoms with E-state index >= 15 is 0 Å². The van der Waals surface area contributed by atoms with Gasteiger partial charge in [0.1, 0.15) is 6.29 Å². The van der Waals surface area contributed by atoms with Gasteiger partial charge in [-0.3, -0.25) is 19.4 Å². The second-order valence-corrected chi connectivity index (χ2v) is 8.06. The number of aryl methyl sites for hydroxylation is 1. The van der Waals surface area contributed by atoms with Gasteiger partial charge in [0.15, 0.2) is 0 Å². The van der Waals surface area contributed by atoms with E-state index < -0.39 is 0 Å². The summed E-state index contributed by atoms with van der Waals surface area (Å²) in [4.78, 5) is 38.8. The van der Waals surface area contributed by atoms with E-state index in [4.69, 9.17) is 28.9 Å². The molecule has 0 aliphatic carbocycles. The molecule has 0 unspecified atom stereocenters. The molecule has 172 valence electrons. The van der Waals surface area contributed by atoms with Crippen LogP contribution in [0.2, 0.25) is 10.0 Å². The molecule has 2 amide bonds. The van der Waals surface area contributed by atoms with Crippen molar-refractivity contribution in [2.45, 2.75) is 13.8 Å². The fraction of sp³-hybridized carbons (Fsp3) is 0.348. The first-order valence-electron chi connectivity index (χ1n) is 10.2. The molecule has 2 aromatic carbocycles. The summed E-state index contributed by atoms with van der Waals surface area (Å²) in [5, 5.41) is 1.19. The number of aldehydes is 1. The zero-order valence-corrected chi connectivity index (χ0v) is 19.8. The van der Waals surface area contributed by atoms with Crippen molar-refractivity contribution in [2.75, 3.05) is 44.3 Å². The number of piperazine rings is 1. The number of amides is 2. The summed E-state index contributed by atoms with van der Waals surface area (Å²) in [6.45, 7) is 7.05. The normalized spacial score (nSPS) is 13.7. The fourth-order valence-electron chi connectivity index (χ4n) is 3.33. The Hall–Kier alpha value is -2.45. The van der Waals surface area contributed by atoms with Crippen LogP contribution in [-0.2, 0) is 9.59 Å². The third-order valence-corrected chi connectivity index (χ3v) is 5.97. The van der Waals surface area contributed by atoms with E-state index in [1.807, 2.05) is 31.2 Å². The molecule has 1 aliphatic heterocycles. The smallest absolute Gasteiger partial charge is 0.261 e. The minimum Gasteiger partial charge on any atom is -0.368 e. The zero-order valence-electron chi connectivity index (χ0n) is 18.3. The number of halogens is 2. The van der Waals surface area contributed by atoms with E-state index in [2.05, 4.69) is 9.80 Å². The maximum absolute atomic E-state index is 11.9. The maximum atomic E-state index is 11.9. The van der Waals surface area contributed by atoms with Crippen LogP contribution < -0.4 is 10.6 Å². The van der Waals surface area contributed by atoms with Gasteiger partial charge in [-0.2, -0.15) is 0 Å². The van der Waals surface area contributed by atoms with Crippen LogP contribution >= 0.6 is 23.2 Å². The number of nitrogens with two attached hydrogens (primary N) is 1. The SMILES string of the molecule is CC(=O)N(CN)C(=O)c1ccccc1C.O=CCN1CCN(c2cccc(Cl)c2Cl)CC1. The predicted molar refractivity (Wildman–Crippen MR) is 128 cm³/mol. The summed E-state index contributed by atoms with van der Waals surface area (Å²) in [5.41, 5.74) is 7.67. The number of benzene rings is 2. The van der Waals surface area contributed by atoms with Crippen LogP contribution in [0.4, 0.5) is 5.69 Å². The van der Waals surface area contributed by atoms with Gasteiger partial charge in [-0.25, -0.2) is 0 Å². The Bertz CT molecular complexity index is 947. The predicted octanol–water partition coefficient (Wildman–Crippen LogP) is 3.21. The number of hydrogen-bond acceptors (Lipinski definition) is 6. The van der Waals surface area contributed by atoms with Crippen molar-refractivity contribution in [1.82, 2.24) is 9.80 Å². The van der Waals surface area contributed by atoms with Crippen molar-refractivity contribution in [1.29, 1.82) is 0 Å². The van der Waals surface area contributed by atoms with Crippen LogP contribution in [0.5, 0.6) is 0 Å². The number of carbonyl (C=O) groups is 3. The van der Waals surface area contributed by atoms with E-state index in [0.717, 1.165) is 48.6 Å². The lowest BCUT2D eigenvalue weighted by Gasteiger charge is -2.35. The largest absolute Gasteiger partial charge is 0.368 e. The number of anilines is 1. The first-order valence-corrected chi connectivity index (χ1v) is 11.0. The number of carbonyl (C=O) groups excluding carboxylic acids is 3. The topological polar surface area (TPSA) is 86.9 Å². The average Bonchev–Trinajstić information content (AvgIpc) is 2.77. The molecule has 2 aromatic rings. The Morgan fingerprint density at radius 3 is 2.28 bits per heavy atom. The molecule has 32 heavy (non-hydrogen) atoms. The van der Waals surface area contributed by atoms with E-state index in [1.165, 1.54) is 6.92 Å². The van der Waals surface area contributed by atoms with Crippen molar-refractivity contribution >= 4 is 47.0 Å². The van der Waals surface area contributed by atoms with Crippen molar-refractivity contribution in [3.05, 3.63) is 63.6 Å². The highest BCUT2D eigenvalue weighted by Gasteiger charge is 2.20. The standard InChI is InChI=1S/C12H14Cl2N2O.C11H14N2O2/c13-10-2-1-3-11(12(10)14)16-6-4-15(5-7-16)8-9-17;1-8-5-3-4-6-10(8)11(15)13(7-12)9(2)14/h1-3,9H,4-8H2;3-6H,7,12H2,1-2H3. The van der Waals surface area contributed by atoms with Gasteiger partial charge >= 0.3 is 0 Å². The second kappa shape index (κ2) is 12.6. The summed E-state index contributed by atoms with van der Waals surface area (Å²) in [5.74, 6) is -0.686. The van der Waals surface area contributed by atoms with Gasteiger partial charge in [-0.1, -0.05) is 47.5 Å². The molecule has 2 N–H and O–H groups in total. The average molecular weight is 479 g/mol. The highest BCUT2D eigenvalue weighted by molar-refractivity contribution is 6.43. The summed E-state index contributed by atoms with van der Waals surface area (Å²) in [7, 11) is 0. The molecule has 0 spiro atoms. The van der Waals surface area contributed by atoms with E-state index in [1.54, 1.807) is 18.2 Å². The van der Waals surface area contributed by atoms with Gasteiger partial charge < -0.3 is 15.4 Å². The first kappa shape index (κ1) is 25.8. The number of hydrogen-bond donors (Lipinski definition) is 1. The van der Waals surface area contributed by atoms with Gasteiger partial charge in [0.05, 0.1) is 28.9 Å². The Morgan fingerprint density at radius 2 is 1.72 bits per heavy atom. The fourth-order valence-corrected chi connectivity index (χ4v) is 3.74. The van der Waals surface area contributed by atoms with Gasteiger partial charge in [0, 0.05) is 38.7 Å². The summed E-state index contributed by atoms with van der Waals surface area (Å²) in [6.07, 6.45) is 0.946. The third-order valence-electron chi connectivity index (χ3n) is 5.16. The molecule has 0 radical (unpaired) electrons. The first-order chi connectivity index (χ1) is 15.3. The highest BCUT2D eigenvalue weighted by Crippen LogP contribution is 2.32. The van der Waals surface area contributed by atoms with Gasteiger partial charge in [0.25, 0.3) is 5.91 Å². The lowest BCUT2D eigenvalue weighted by molar-refractivity contribution is -0.126. The molecule has 9 heteroatoms. The zero-order chi connectivity index (χ0) is 23.7. The lowest BCUT2D eigenvalue weighted by atomic mass is 10.1. The number of rotatable bonds is 5. The van der Waals surface area contributed by atoms with Crippen molar-refractivity contribution in [3.63, 3.8) is 0 Å². The molecule has 1 heterocycles. The monoisotopic (exact) mass is 478 g/mol. The van der Waals surface area contributed by atoms with Gasteiger partial charge in [0.2, 0.25) is 5.91 Å². The van der Waals surface area contributed by atoms with Crippen LogP contribution in [-0.4, -0.2) is 67.3 Å². The molecule has 0 aromatic heterocycles. The number of imide groups is 1. The Labute approximate surface area is 198 Å². The summed E-state index contributed by atoms with van der Waals surface area (Å²) < 4.78 is 0. The molecule has 7 nitrogen and oxygen atoms in total. The molecule has 0 atom stereocenters. The molecule has 1 saturated heterocycles. The summed E-state index contributed by atoms with van der Waals surface area (Å²) in [6, 6.07) is 12.8.